The quantitative estimate of drug-likeness (QED) is 0.877. The number of ether oxygens (including phenoxy) is 1. The van der Waals surface area contributed by atoms with Crippen LogP contribution in [-0.2, 0) is 9.59 Å². The van der Waals surface area contributed by atoms with E-state index in [1.165, 1.54) is 0 Å². The highest BCUT2D eigenvalue weighted by atomic mass is 16.5. The summed E-state index contributed by atoms with van der Waals surface area (Å²) in [5, 5.41) is 2.75. The Kier molecular flexibility index (Phi) is 6.02. The topological polar surface area (TPSA) is 58.6 Å². The Balaban J connectivity index is 2.36. The van der Waals surface area contributed by atoms with Gasteiger partial charge in [-0.3, -0.25) is 9.59 Å². The highest BCUT2D eigenvalue weighted by Crippen LogP contribution is 2.37. The molecule has 2 rings (SSSR count). The van der Waals surface area contributed by atoms with Crippen molar-refractivity contribution in [1.82, 2.24) is 10.2 Å². The molecule has 1 heterocycles. The van der Waals surface area contributed by atoms with Crippen LogP contribution < -0.4 is 10.1 Å². The molecule has 1 aromatic rings. The molecule has 2 amide bonds. The zero-order valence-corrected chi connectivity index (χ0v) is 14.2. The smallest absolute Gasteiger partial charge is 0.225 e. The van der Waals surface area contributed by atoms with Crippen molar-refractivity contribution in [2.75, 3.05) is 20.7 Å². The number of methoxy groups -OCH3 is 1. The molecule has 2 atom stereocenters. The lowest BCUT2D eigenvalue weighted by atomic mass is 9.83. The van der Waals surface area contributed by atoms with Crippen LogP contribution in [0.4, 0.5) is 0 Å². The Morgan fingerprint density at radius 2 is 2.04 bits per heavy atom. The number of piperidine rings is 1. The molecule has 2 unspecified atom stereocenters. The summed E-state index contributed by atoms with van der Waals surface area (Å²) in [5.41, 5.74) is 0.989. The van der Waals surface area contributed by atoms with E-state index in [1.807, 2.05) is 29.2 Å². The molecule has 5 nitrogen and oxygen atoms in total. The van der Waals surface area contributed by atoms with Gasteiger partial charge in [0, 0.05) is 20.0 Å². The summed E-state index contributed by atoms with van der Waals surface area (Å²) in [6.45, 7) is 2.80. The molecule has 0 radical (unpaired) electrons. The van der Waals surface area contributed by atoms with Crippen LogP contribution in [0.2, 0.25) is 0 Å². The Morgan fingerprint density at radius 3 is 2.61 bits per heavy atom. The second kappa shape index (κ2) is 7.99. The number of hydrogen-bond acceptors (Lipinski definition) is 3. The van der Waals surface area contributed by atoms with E-state index in [-0.39, 0.29) is 23.8 Å². The number of rotatable bonds is 6. The van der Waals surface area contributed by atoms with E-state index in [9.17, 15) is 9.59 Å². The zero-order valence-electron chi connectivity index (χ0n) is 14.2. The van der Waals surface area contributed by atoms with Crippen LogP contribution >= 0.6 is 0 Å². The minimum absolute atomic E-state index is 0.000170. The molecule has 1 aliphatic rings. The van der Waals surface area contributed by atoms with Crippen molar-refractivity contribution in [1.29, 1.82) is 0 Å². The third-order valence-corrected chi connectivity index (χ3v) is 4.50. The van der Waals surface area contributed by atoms with Crippen LogP contribution in [0.25, 0.3) is 0 Å². The number of nitrogens with one attached hydrogen (secondary N) is 1. The lowest BCUT2D eigenvalue weighted by Crippen LogP contribution is -2.47. The van der Waals surface area contributed by atoms with Gasteiger partial charge in [0.15, 0.2) is 0 Å². The molecule has 1 N–H and O–H groups in total. The van der Waals surface area contributed by atoms with Gasteiger partial charge in [-0.2, -0.15) is 0 Å². The molecule has 0 aromatic heterocycles. The molecular weight excluding hydrogens is 292 g/mol. The fraction of sp³-hybridized carbons (Fsp3) is 0.556. The number of benzene rings is 1. The van der Waals surface area contributed by atoms with Crippen molar-refractivity contribution in [2.24, 2.45) is 5.92 Å². The van der Waals surface area contributed by atoms with Gasteiger partial charge in [0.25, 0.3) is 0 Å². The summed E-state index contributed by atoms with van der Waals surface area (Å²) in [5.74, 6) is 0.703. The second-order valence-corrected chi connectivity index (χ2v) is 5.92. The minimum atomic E-state index is -0.206. The number of likely N-dealkylation sites (tertiary alicyclic amines) is 1. The molecule has 1 fully saturated rings. The fourth-order valence-electron chi connectivity index (χ4n) is 3.22. The fourth-order valence-corrected chi connectivity index (χ4v) is 3.22. The van der Waals surface area contributed by atoms with Gasteiger partial charge >= 0.3 is 0 Å². The minimum Gasteiger partial charge on any atom is -0.497 e. The average molecular weight is 318 g/mol. The van der Waals surface area contributed by atoms with Crippen molar-refractivity contribution in [3.8, 4) is 5.75 Å². The molecule has 5 heteroatoms. The molecule has 1 aliphatic heterocycles. The van der Waals surface area contributed by atoms with E-state index in [0.717, 1.165) is 24.2 Å². The first-order valence-electron chi connectivity index (χ1n) is 8.27. The molecule has 126 valence electrons. The number of amides is 2. The molecule has 0 bridgehead atoms. The van der Waals surface area contributed by atoms with E-state index < -0.39 is 0 Å². The van der Waals surface area contributed by atoms with E-state index in [0.29, 0.717) is 19.4 Å². The maximum Gasteiger partial charge on any atom is 0.225 e. The van der Waals surface area contributed by atoms with Gasteiger partial charge in [-0.05, 0) is 30.5 Å². The lowest BCUT2D eigenvalue weighted by Gasteiger charge is -2.40. The standard InChI is InChI=1S/C18H26N2O3/c1-4-5-12-20-16(21)11-10-15(18(22)19-2)17(20)13-6-8-14(23-3)9-7-13/h6-9,15,17H,4-5,10-12H2,1-3H3,(H,19,22). The Bertz CT molecular complexity index is 542. The summed E-state index contributed by atoms with van der Waals surface area (Å²) < 4.78 is 5.21. The molecule has 1 aromatic carbocycles. The molecule has 0 saturated carbocycles. The highest BCUT2D eigenvalue weighted by molar-refractivity contribution is 5.84. The van der Waals surface area contributed by atoms with Gasteiger partial charge < -0.3 is 15.0 Å². The van der Waals surface area contributed by atoms with Crippen molar-refractivity contribution >= 4 is 11.8 Å². The van der Waals surface area contributed by atoms with Gasteiger partial charge in [-0.15, -0.1) is 0 Å². The van der Waals surface area contributed by atoms with E-state index in [2.05, 4.69) is 12.2 Å². The number of hydrogen-bond donors (Lipinski definition) is 1. The number of unbranched alkanes of at least 4 members (excludes halogenated alkanes) is 1. The van der Waals surface area contributed by atoms with Crippen LogP contribution in [0.3, 0.4) is 0 Å². The summed E-state index contributed by atoms with van der Waals surface area (Å²) >= 11 is 0. The predicted molar refractivity (Wildman–Crippen MR) is 89.1 cm³/mol. The SMILES string of the molecule is CCCCN1C(=O)CCC(C(=O)NC)C1c1ccc(OC)cc1. The first-order chi connectivity index (χ1) is 11.1. The van der Waals surface area contributed by atoms with Gasteiger partial charge in [-0.1, -0.05) is 25.5 Å². The first kappa shape index (κ1) is 17.3. The summed E-state index contributed by atoms with van der Waals surface area (Å²) in [7, 11) is 3.28. The number of nitrogens with zero attached hydrogens (tertiary/aromatic N) is 1. The molecular formula is C18H26N2O3. The first-order valence-corrected chi connectivity index (χ1v) is 8.27. The van der Waals surface area contributed by atoms with Gasteiger partial charge in [0.1, 0.15) is 5.75 Å². The van der Waals surface area contributed by atoms with Crippen LogP contribution in [0.15, 0.2) is 24.3 Å². The van der Waals surface area contributed by atoms with Crippen molar-refractivity contribution in [3.05, 3.63) is 29.8 Å². The van der Waals surface area contributed by atoms with Crippen molar-refractivity contribution in [3.63, 3.8) is 0 Å². The maximum absolute atomic E-state index is 12.4. The lowest BCUT2D eigenvalue weighted by molar-refractivity contribution is -0.143. The summed E-state index contributed by atoms with van der Waals surface area (Å²) in [4.78, 5) is 26.6. The highest BCUT2D eigenvalue weighted by Gasteiger charge is 2.39. The largest absolute Gasteiger partial charge is 0.497 e. The predicted octanol–water partition coefficient (Wildman–Crippen LogP) is 2.52. The third-order valence-electron chi connectivity index (χ3n) is 4.50. The van der Waals surface area contributed by atoms with Crippen LogP contribution in [-0.4, -0.2) is 37.4 Å². The average Bonchev–Trinajstić information content (AvgIpc) is 2.59. The van der Waals surface area contributed by atoms with Crippen LogP contribution in [0.5, 0.6) is 5.75 Å². The van der Waals surface area contributed by atoms with Gasteiger partial charge in [-0.25, -0.2) is 0 Å². The Hall–Kier alpha value is -2.04. The number of carbonyl (C=O) groups is 2. The number of carbonyl (C=O) groups excluding carboxylic acids is 2. The summed E-state index contributed by atoms with van der Waals surface area (Å²) in [6, 6.07) is 7.47. The normalized spacial score (nSPS) is 21.2. The molecule has 23 heavy (non-hydrogen) atoms. The molecule has 1 saturated heterocycles. The Morgan fingerprint density at radius 1 is 1.35 bits per heavy atom. The van der Waals surface area contributed by atoms with E-state index >= 15 is 0 Å². The Labute approximate surface area is 138 Å². The van der Waals surface area contributed by atoms with Gasteiger partial charge in [0.05, 0.1) is 19.1 Å². The van der Waals surface area contributed by atoms with Gasteiger partial charge in [0.2, 0.25) is 11.8 Å². The second-order valence-electron chi connectivity index (χ2n) is 5.92. The molecule has 0 aliphatic carbocycles. The van der Waals surface area contributed by atoms with Crippen molar-refractivity contribution < 1.29 is 14.3 Å². The zero-order chi connectivity index (χ0) is 16.8. The summed E-state index contributed by atoms with van der Waals surface area (Å²) in [6.07, 6.45) is 2.99. The molecule has 0 spiro atoms. The van der Waals surface area contributed by atoms with Crippen LogP contribution in [0.1, 0.15) is 44.2 Å². The maximum atomic E-state index is 12.4. The monoisotopic (exact) mass is 318 g/mol. The third kappa shape index (κ3) is 3.84. The van der Waals surface area contributed by atoms with Crippen LogP contribution in [0, 0.1) is 5.92 Å². The van der Waals surface area contributed by atoms with E-state index in [4.69, 9.17) is 4.74 Å². The van der Waals surface area contributed by atoms with Crippen molar-refractivity contribution in [2.45, 2.75) is 38.6 Å². The van der Waals surface area contributed by atoms with E-state index in [1.54, 1.807) is 14.2 Å².